The number of hydrogen-bond donors (Lipinski definition) is 1. The first-order valence-electron chi connectivity index (χ1n) is 16.0. The molecule has 1 saturated heterocycles. The summed E-state index contributed by atoms with van der Waals surface area (Å²) in [7, 11) is 3.66. The maximum Gasteiger partial charge on any atom is 0.431 e. The maximum atomic E-state index is 14.2. The van der Waals surface area contributed by atoms with Gasteiger partial charge in [0.15, 0.2) is 5.69 Å². The van der Waals surface area contributed by atoms with Gasteiger partial charge in [-0.15, -0.1) is 4.48 Å². The number of nitrogens with zero attached hydrogens (tertiary/aromatic N) is 4. The van der Waals surface area contributed by atoms with E-state index in [1.807, 2.05) is 69.4 Å². The molecular formula is C38H40N5O4+. The monoisotopic (exact) mass is 630 g/mol. The van der Waals surface area contributed by atoms with Crippen LogP contribution in [0.5, 0.6) is 0 Å². The van der Waals surface area contributed by atoms with Gasteiger partial charge in [0.25, 0.3) is 11.8 Å². The number of urea groups is 1. The van der Waals surface area contributed by atoms with Gasteiger partial charge in [-0.05, 0) is 67.9 Å². The third-order valence-corrected chi connectivity index (χ3v) is 9.35. The Morgan fingerprint density at radius 3 is 2.17 bits per heavy atom. The molecule has 2 aliphatic heterocycles. The van der Waals surface area contributed by atoms with Crippen molar-refractivity contribution >= 4 is 40.8 Å². The number of rotatable bonds is 4. The Morgan fingerprint density at radius 1 is 0.766 bits per heavy atom. The summed E-state index contributed by atoms with van der Waals surface area (Å²) >= 11 is 0. The van der Waals surface area contributed by atoms with Crippen LogP contribution < -0.4 is 14.7 Å². The van der Waals surface area contributed by atoms with Crippen molar-refractivity contribution in [3.63, 3.8) is 0 Å². The Kier molecular flexibility index (Phi) is 8.77. The highest BCUT2D eigenvalue weighted by Gasteiger charge is 2.50. The van der Waals surface area contributed by atoms with Crippen molar-refractivity contribution in [2.45, 2.75) is 20.3 Å². The second kappa shape index (κ2) is 12.9. The highest BCUT2D eigenvalue weighted by Crippen LogP contribution is 2.39. The average molecular weight is 631 g/mol. The zero-order valence-corrected chi connectivity index (χ0v) is 27.3. The topological polar surface area (TPSA) is 90.0 Å². The van der Waals surface area contributed by atoms with Crippen molar-refractivity contribution in [1.29, 1.82) is 0 Å². The second-order valence-electron chi connectivity index (χ2n) is 12.6. The Morgan fingerprint density at radius 2 is 1.45 bits per heavy atom. The van der Waals surface area contributed by atoms with E-state index in [0.29, 0.717) is 46.8 Å². The number of carbonyl (C=O) groups is 4. The molecular weight excluding hydrogens is 590 g/mol. The van der Waals surface area contributed by atoms with Gasteiger partial charge >= 0.3 is 11.9 Å². The number of likely N-dealkylation sites (N-methyl/N-ethyl adjacent to an activating group) is 1. The van der Waals surface area contributed by atoms with Crippen molar-refractivity contribution in [3.8, 4) is 11.1 Å². The van der Waals surface area contributed by atoms with Gasteiger partial charge < -0.3 is 15.1 Å². The molecule has 4 aromatic rings. The summed E-state index contributed by atoms with van der Waals surface area (Å²) in [4.78, 5) is 60.8. The number of imide groups is 1. The third kappa shape index (κ3) is 6.07. The van der Waals surface area contributed by atoms with E-state index in [0.717, 1.165) is 29.8 Å². The van der Waals surface area contributed by atoms with Crippen LogP contribution in [0.3, 0.4) is 0 Å². The molecule has 1 N–H and O–H groups in total. The maximum absolute atomic E-state index is 14.2. The van der Waals surface area contributed by atoms with E-state index in [-0.39, 0.29) is 36.7 Å². The third-order valence-electron chi connectivity index (χ3n) is 9.35. The number of anilines is 2. The first-order valence-corrected chi connectivity index (χ1v) is 16.0. The number of quaternary nitrogens is 1. The summed E-state index contributed by atoms with van der Waals surface area (Å²) in [6, 6.07) is 27.7. The number of piperazine rings is 1. The van der Waals surface area contributed by atoms with Gasteiger partial charge in [-0.2, -0.15) is 0 Å². The van der Waals surface area contributed by atoms with E-state index in [1.165, 1.54) is 0 Å². The summed E-state index contributed by atoms with van der Waals surface area (Å²) < 4.78 is -0.516. The molecule has 0 bridgehead atoms. The lowest BCUT2D eigenvalue weighted by Gasteiger charge is -2.37. The molecule has 0 saturated carbocycles. The van der Waals surface area contributed by atoms with Gasteiger partial charge in [-0.25, -0.2) is 9.59 Å². The lowest BCUT2D eigenvalue weighted by Crippen LogP contribution is -2.63. The number of para-hydroxylation sites is 2. The number of nitrogens with one attached hydrogen (secondary N) is 1. The molecule has 0 radical (unpaired) electrons. The fourth-order valence-electron chi connectivity index (χ4n) is 6.45. The number of fused-ring (bicyclic) bond motifs is 1. The zero-order valence-electron chi connectivity index (χ0n) is 27.3. The van der Waals surface area contributed by atoms with Crippen molar-refractivity contribution < 1.29 is 19.2 Å². The molecule has 0 aromatic heterocycles. The molecule has 47 heavy (non-hydrogen) atoms. The van der Waals surface area contributed by atoms with Gasteiger partial charge in [0.05, 0.1) is 13.5 Å². The molecule has 1 atom stereocenters. The lowest BCUT2D eigenvalue weighted by molar-refractivity contribution is -0.126. The zero-order chi connectivity index (χ0) is 33.3. The smallest absolute Gasteiger partial charge is 0.322 e. The van der Waals surface area contributed by atoms with Gasteiger partial charge in [-0.3, -0.25) is 14.5 Å². The van der Waals surface area contributed by atoms with Crippen molar-refractivity contribution in [2.24, 2.45) is 0 Å². The standard InChI is InChI=1S/C38H39N5O4/c1-26-13-15-28(16-14-26)31-9-5-6-10-32(31)36(45)39-29-17-18-30(27(2)25-29)37(46)42-20-19-35(44)43(4,34-12-8-7-11-33(34)42)38(47)41-23-21-40(3)22-24-41/h5-18,25H,19-24H2,1-4H3/p+1. The molecule has 1 unspecified atom stereocenters. The quantitative estimate of drug-likeness (QED) is 0.275. The van der Waals surface area contributed by atoms with Gasteiger partial charge in [0, 0.05) is 55.6 Å². The molecule has 2 heterocycles. The first kappa shape index (κ1) is 31.8. The van der Waals surface area contributed by atoms with E-state index < -0.39 is 4.48 Å². The van der Waals surface area contributed by atoms with Crippen LogP contribution in [0.4, 0.5) is 21.9 Å². The number of benzene rings is 4. The molecule has 9 heteroatoms. The summed E-state index contributed by atoms with van der Waals surface area (Å²) in [5.74, 6) is -0.773. The molecule has 2 aliphatic rings. The van der Waals surface area contributed by atoms with E-state index in [4.69, 9.17) is 0 Å². The molecule has 9 nitrogen and oxygen atoms in total. The normalized spacial score (nSPS) is 18.3. The van der Waals surface area contributed by atoms with Gasteiger partial charge in [-0.1, -0.05) is 60.2 Å². The molecule has 0 aliphatic carbocycles. The Labute approximate surface area is 275 Å². The summed E-state index contributed by atoms with van der Waals surface area (Å²) in [6.07, 6.45) is 0.0317. The lowest BCUT2D eigenvalue weighted by atomic mass is 9.98. The SMILES string of the molecule is Cc1ccc(-c2ccccc2C(=O)Nc2ccc(C(=O)N3CCC(=O)[N+](C)(C(=O)N4CCN(C)CC4)c4ccccc43)c(C)c2)cc1. The van der Waals surface area contributed by atoms with E-state index in [1.54, 1.807) is 59.3 Å². The Hall–Kier alpha value is -5.12. The predicted molar refractivity (Wildman–Crippen MR) is 186 cm³/mol. The Balaban J connectivity index is 1.26. The minimum absolute atomic E-state index is 0.0317. The van der Waals surface area contributed by atoms with Crippen LogP contribution in [-0.2, 0) is 4.79 Å². The summed E-state index contributed by atoms with van der Waals surface area (Å²) in [5, 5.41) is 3.00. The van der Waals surface area contributed by atoms with Crippen molar-refractivity contribution in [1.82, 2.24) is 14.3 Å². The fourth-order valence-corrected chi connectivity index (χ4v) is 6.45. The molecule has 4 aromatic carbocycles. The van der Waals surface area contributed by atoms with Crippen molar-refractivity contribution in [2.75, 3.05) is 57.0 Å². The number of amides is 5. The minimum Gasteiger partial charge on any atom is -0.322 e. The summed E-state index contributed by atoms with van der Waals surface area (Å²) in [5.41, 5.74) is 6.20. The largest absolute Gasteiger partial charge is 0.431 e. The van der Waals surface area contributed by atoms with Crippen LogP contribution in [-0.4, -0.2) is 80.4 Å². The average Bonchev–Trinajstić information content (AvgIpc) is 3.19. The predicted octanol–water partition coefficient (Wildman–Crippen LogP) is 6.10. The van der Waals surface area contributed by atoms with E-state index in [2.05, 4.69) is 10.2 Å². The molecule has 0 spiro atoms. The molecule has 6 rings (SSSR count). The fraction of sp³-hybridized carbons (Fsp3) is 0.263. The van der Waals surface area contributed by atoms with Crippen LogP contribution in [0, 0.1) is 13.8 Å². The first-order chi connectivity index (χ1) is 22.6. The summed E-state index contributed by atoms with van der Waals surface area (Å²) in [6.45, 7) is 6.56. The Bertz CT molecular complexity index is 1860. The van der Waals surface area contributed by atoms with E-state index in [9.17, 15) is 19.2 Å². The highest BCUT2D eigenvalue weighted by atomic mass is 16.2. The molecule has 5 amide bonds. The molecule has 240 valence electrons. The highest BCUT2D eigenvalue weighted by molar-refractivity contribution is 6.16. The number of aryl methyl sites for hydroxylation is 2. The minimum atomic E-state index is -0.516. The van der Waals surface area contributed by atoms with Crippen LogP contribution >= 0.6 is 0 Å². The van der Waals surface area contributed by atoms with E-state index >= 15 is 0 Å². The van der Waals surface area contributed by atoms with Crippen LogP contribution in [0.15, 0.2) is 91.0 Å². The van der Waals surface area contributed by atoms with Gasteiger partial charge in [0.1, 0.15) is 5.69 Å². The van der Waals surface area contributed by atoms with Gasteiger partial charge in [0.2, 0.25) is 0 Å². The van der Waals surface area contributed by atoms with Crippen LogP contribution in [0.2, 0.25) is 0 Å². The van der Waals surface area contributed by atoms with Crippen molar-refractivity contribution in [3.05, 3.63) is 113 Å². The number of hydrogen-bond acceptors (Lipinski definition) is 5. The van der Waals surface area contributed by atoms with Crippen LogP contribution in [0.25, 0.3) is 11.1 Å². The molecule has 1 fully saturated rings. The van der Waals surface area contributed by atoms with Crippen LogP contribution in [0.1, 0.15) is 38.3 Å². The second-order valence-corrected chi connectivity index (χ2v) is 12.6. The number of carbonyl (C=O) groups excluding carboxylic acids is 4.